The van der Waals surface area contributed by atoms with Gasteiger partial charge in [0.15, 0.2) is 5.69 Å². The Kier molecular flexibility index (Phi) is 5.79. The number of aromatic nitrogens is 4. The van der Waals surface area contributed by atoms with Crippen molar-refractivity contribution in [1.82, 2.24) is 29.5 Å². The lowest BCUT2D eigenvalue weighted by Crippen LogP contribution is -2.34. The number of likely N-dealkylation sites (N-methyl/N-ethyl adjacent to an activating group) is 1. The van der Waals surface area contributed by atoms with E-state index in [9.17, 15) is 9.18 Å². The number of hydrogen-bond donors (Lipinski definition) is 1. The number of hydrogen-bond acceptors (Lipinski definition) is 5. The summed E-state index contributed by atoms with van der Waals surface area (Å²) in [4.78, 5) is 25.4. The maximum absolute atomic E-state index is 14.3. The molecule has 1 amide bonds. The zero-order valence-corrected chi connectivity index (χ0v) is 20.3. The quantitative estimate of drug-likeness (QED) is 0.464. The van der Waals surface area contributed by atoms with Gasteiger partial charge in [0, 0.05) is 42.7 Å². The minimum Gasteiger partial charge on any atom is -0.337 e. The number of rotatable bonds is 4. The Balaban J connectivity index is 1.62. The third-order valence-corrected chi connectivity index (χ3v) is 6.95. The van der Waals surface area contributed by atoms with Gasteiger partial charge in [0.1, 0.15) is 22.9 Å². The van der Waals surface area contributed by atoms with Crippen molar-refractivity contribution in [2.45, 2.75) is 12.5 Å². The molecule has 0 saturated carbocycles. The van der Waals surface area contributed by atoms with Crippen molar-refractivity contribution in [3.8, 4) is 28.7 Å². The Bertz CT molecular complexity index is 1500. The van der Waals surface area contributed by atoms with Gasteiger partial charge in [-0.3, -0.25) is 9.48 Å². The van der Waals surface area contributed by atoms with Crippen molar-refractivity contribution in [3.05, 3.63) is 58.6 Å². The fourth-order valence-electron chi connectivity index (χ4n) is 4.45. The fourth-order valence-corrected chi connectivity index (χ4v) is 4.64. The molecule has 10 heteroatoms. The highest BCUT2D eigenvalue weighted by molar-refractivity contribution is 6.34. The van der Waals surface area contributed by atoms with Crippen LogP contribution < -0.4 is 0 Å². The Hall–Kier alpha value is -3.74. The van der Waals surface area contributed by atoms with Crippen LogP contribution in [0.5, 0.6) is 0 Å². The van der Waals surface area contributed by atoms with Gasteiger partial charge in [-0.15, -0.1) is 0 Å². The summed E-state index contributed by atoms with van der Waals surface area (Å²) in [5.41, 5.74) is 2.60. The van der Waals surface area contributed by atoms with Crippen LogP contribution in [0, 0.1) is 17.1 Å². The van der Waals surface area contributed by atoms with Crippen LogP contribution in [0.25, 0.3) is 33.5 Å². The van der Waals surface area contributed by atoms with Crippen molar-refractivity contribution in [2.24, 2.45) is 7.05 Å². The molecule has 2 aromatic carbocycles. The Labute approximate surface area is 206 Å². The first-order valence-corrected chi connectivity index (χ1v) is 11.5. The lowest BCUT2D eigenvalue weighted by Gasteiger charge is -2.20. The van der Waals surface area contributed by atoms with Crippen LogP contribution in [0.15, 0.2) is 36.4 Å². The largest absolute Gasteiger partial charge is 0.337 e. The van der Waals surface area contributed by atoms with Crippen molar-refractivity contribution in [3.63, 3.8) is 0 Å². The SMILES string of the molecule is CN(C)[C@H]1CCN(C(=O)c2nc(-c3ccc(C#N)c(F)c3)[nH]c2-c2ccc3nn(C)c(Cl)c3c2)C1. The summed E-state index contributed by atoms with van der Waals surface area (Å²) in [7, 11) is 5.77. The number of halogens is 2. The predicted molar refractivity (Wildman–Crippen MR) is 131 cm³/mol. The third kappa shape index (κ3) is 4.05. The molecule has 1 aliphatic heterocycles. The molecule has 35 heavy (non-hydrogen) atoms. The highest BCUT2D eigenvalue weighted by atomic mass is 35.5. The van der Waals surface area contributed by atoms with E-state index >= 15 is 0 Å². The lowest BCUT2D eigenvalue weighted by atomic mass is 10.1. The van der Waals surface area contributed by atoms with Gasteiger partial charge in [0.05, 0.1) is 16.8 Å². The molecule has 0 aliphatic carbocycles. The lowest BCUT2D eigenvalue weighted by molar-refractivity contribution is 0.0778. The van der Waals surface area contributed by atoms with Crippen molar-refractivity contribution >= 4 is 28.4 Å². The molecule has 1 fully saturated rings. The summed E-state index contributed by atoms with van der Waals surface area (Å²) in [6.07, 6.45) is 0.878. The first-order chi connectivity index (χ1) is 16.8. The molecule has 1 saturated heterocycles. The van der Waals surface area contributed by atoms with Gasteiger partial charge >= 0.3 is 0 Å². The minimum absolute atomic E-state index is 0.0553. The molecule has 1 N–H and O–H groups in total. The van der Waals surface area contributed by atoms with Gasteiger partial charge in [-0.2, -0.15) is 10.4 Å². The second-order valence-electron chi connectivity index (χ2n) is 8.92. The molecule has 8 nitrogen and oxygen atoms in total. The maximum atomic E-state index is 14.3. The Morgan fingerprint density at radius 2 is 2.03 bits per heavy atom. The molecule has 0 bridgehead atoms. The summed E-state index contributed by atoms with van der Waals surface area (Å²) >= 11 is 6.43. The number of aryl methyl sites for hydroxylation is 1. The zero-order valence-electron chi connectivity index (χ0n) is 19.5. The standard InChI is InChI=1S/C25H23ClFN7O/c1-32(2)17-8-9-34(13-17)25(35)22-21(14-6-7-20-18(10-14)23(26)33(3)31-20)29-24(30-22)15-4-5-16(12-28)19(27)11-15/h4-7,10-11,17H,8-9,13H2,1-3H3,(H,29,30)/t17-/m0/s1. The average molecular weight is 492 g/mol. The number of nitrogens with one attached hydrogen (secondary N) is 1. The second-order valence-corrected chi connectivity index (χ2v) is 9.28. The molecule has 1 atom stereocenters. The number of likely N-dealkylation sites (tertiary alicyclic amines) is 1. The normalized spacial score (nSPS) is 15.8. The van der Waals surface area contributed by atoms with Gasteiger partial charge in [0.25, 0.3) is 5.91 Å². The van der Waals surface area contributed by atoms with Crippen LogP contribution >= 0.6 is 11.6 Å². The number of imidazole rings is 1. The van der Waals surface area contributed by atoms with Crippen LogP contribution in [-0.2, 0) is 7.05 Å². The fraction of sp³-hybridized carbons (Fsp3) is 0.280. The third-order valence-electron chi connectivity index (χ3n) is 6.50. The highest BCUT2D eigenvalue weighted by Crippen LogP contribution is 2.32. The molecular weight excluding hydrogens is 469 g/mol. The number of nitrogens with zero attached hydrogens (tertiary/aromatic N) is 6. The van der Waals surface area contributed by atoms with E-state index in [1.165, 1.54) is 12.1 Å². The summed E-state index contributed by atoms with van der Waals surface area (Å²) < 4.78 is 15.9. The molecule has 2 aromatic heterocycles. The Morgan fingerprint density at radius 1 is 1.26 bits per heavy atom. The van der Waals surface area contributed by atoms with E-state index in [0.717, 1.165) is 17.3 Å². The summed E-state index contributed by atoms with van der Waals surface area (Å²) in [6, 6.07) is 11.9. The predicted octanol–water partition coefficient (Wildman–Crippen LogP) is 4.07. The minimum atomic E-state index is -0.646. The van der Waals surface area contributed by atoms with Gasteiger partial charge in [-0.05, 0) is 50.8 Å². The van der Waals surface area contributed by atoms with E-state index in [2.05, 4.69) is 20.0 Å². The molecule has 4 aromatic rings. The van der Waals surface area contributed by atoms with Gasteiger partial charge in [-0.25, -0.2) is 9.37 Å². The molecule has 0 radical (unpaired) electrons. The first-order valence-electron chi connectivity index (χ1n) is 11.1. The van der Waals surface area contributed by atoms with Crippen molar-refractivity contribution < 1.29 is 9.18 Å². The van der Waals surface area contributed by atoms with E-state index in [1.54, 1.807) is 22.7 Å². The number of amides is 1. The van der Waals surface area contributed by atoms with E-state index in [0.29, 0.717) is 40.9 Å². The van der Waals surface area contributed by atoms with E-state index < -0.39 is 5.82 Å². The van der Waals surface area contributed by atoms with Crippen molar-refractivity contribution in [2.75, 3.05) is 27.2 Å². The highest BCUT2D eigenvalue weighted by Gasteiger charge is 2.31. The van der Waals surface area contributed by atoms with Gasteiger partial charge < -0.3 is 14.8 Å². The van der Waals surface area contributed by atoms with Crippen LogP contribution in [0.1, 0.15) is 22.5 Å². The molecular formula is C25H23ClFN7O. The first kappa shape index (κ1) is 23.0. The summed E-state index contributed by atoms with van der Waals surface area (Å²) in [6.45, 7) is 1.23. The molecule has 5 rings (SSSR count). The molecule has 3 heterocycles. The number of nitriles is 1. The van der Waals surface area contributed by atoms with Gasteiger partial charge in [0.2, 0.25) is 0 Å². The van der Waals surface area contributed by atoms with Crippen LogP contribution in [0.3, 0.4) is 0 Å². The number of fused-ring (bicyclic) bond motifs is 1. The van der Waals surface area contributed by atoms with E-state index in [1.807, 2.05) is 38.4 Å². The Morgan fingerprint density at radius 3 is 2.71 bits per heavy atom. The molecule has 178 valence electrons. The smallest absolute Gasteiger partial charge is 0.274 e. The zero-order chi connectivity index (χ0) is 24.9. The number of aromatic amines is 1. The second kappa shape index (κ2) is 8.80. The van der Waals surface area contributed by atoms with Crippen molar-refractivity contribution in [1.29, 1.82) is 5.26 Å². The molecule has 0 spiro atoms. The van der Waals surface area contributed by atoms with E-state index in [4.69, 9.17) is 16.9 Å². The monoisotopic (exact) mass is 491 g/mol. The summed E-state index contributed by atoms with van der Waals surface area (Å²) in [5, 5.41) is 14.7. The maximum Gasteiger partial charge on any atom is 0.274 e. The summed E-state index contributed by atoms with van der Waals surface area (Å²) in [5.74, 6) is -0.501. The number of benzene rings is 2. The molecule has 1 aliphatic rings. The van der Waals surface area contributed by atoms with Crippen LogP contribution in [0.2, 0.25) is 5.15 Å². The van der Waals surface area contributed by atoms with Crippen LogP contribution in [-0.4, -0.2) is 68.7 Å². The van der Waals surface area contributed by atoms with Gasteiger partial charge in [-0.1, -0.05) is 17.7 Å². The topological polar surface area (TPSA) is 93.8 Å². The number of H-pyrrole nitrogens is 1. The van der Waals surface area contributed by atoms with Crippen LogP contribution in [0.4, 0.5) is 4.39 Å². The number of carbonyl (C=O) groups is 1. The number of carbonyl (C=O) groups excluding carboxylic acids is 1. The molecule has 0 unspecified atom stereocenters. The average Bonchev–Trinajstić information content (AvgIpc) is 3.57. The van der Waals surface area contributed by atoms with E-state index in [-0.39, 0.29) is 23.2 Å².